The van der Waals surface area contributed by atoms with E-state index in [-0.39, 0.29) is 26.1 Å². The Morgan fingerprint density at radius 1 is 0.811 bits per heavy atom. The van der Waals surface area contributed by atoms with Gasteiger partial charge in [0, 0.05) is 12.8 Å². The quantitative estimate of drug-likeness (QED) is 0.0517. The molecule has 0 heterocycles. The molecule has 2 unspecified atom stereocenters. The average Bonchev–Trinajstić information content (AvgIpc) is 2.81. The van der Waals surface area contributed by atoms with E-state index in [0.29, 0.717) is 23.9 Å². The number of rotatable bonds is 24. The van der Waals surface area contributed by atoms with Gasteiger partial charge in [-0.05, 0) is 32.1 Å². The topological polar surface area (TPSA) is 108 Å². The Morgan fingerprint density at radius 2 is 1.41 bits per heavy atom. The average molecular weight is 551 g/mol. The first kappa shape index (κ1) is 35.8. The molecule has 0 aromatic carbocycles. The fourth-order valence-corrected chi connectivity index (χ4v) is 3.95. The fraction of sp³-hybridized carbons (Fsp3) is 0.852. The lowest BCUT2D eigenvalue weighted by Gasteiger charge is -2.24. The zero-order chi connectivity index (χ0) is 28.0. The number of hydrogen-bond donors (Lipinski definition) is 1. The molecule has 0 amide bonds. The third-order valence-electron chi connectivity index (χ3n) is 5.55. The van der Waals surface area contributed by atoms with Crippen molar-refractivity contribution >= 4 is 19.8 Å². The number of quaternary nitrogens is 1. The molecular weight excluding hydrogens is 497 g/mol. The lowest BCUT2D eigenvalue weighted by molar-refractivity contribution is -0.870. The van der Waals surface area contributed by atoms with Crippen molar-refractivity contribution in [2.45, 2.75) is 103 Å². The van der Waals surface area contributed by atoms with E-state index in [2.05, 4.69) is 19.1 Å². The summed E-state index contributed by atoms with van der Waals surface area (Å²) >= 11 is 0. The predicted octanol–water partition coefficient (Wildman–Crippen LogP) is 5.95. The molecule has 10 heteroatoms. The van der Waals surface area contributed by atoms with Gasteiger partial charge in [-0.2, -0.15) is 0 Å². The molecule has 0 aliphatic rings. The maximum atomic E-state index is 12.3. The summed E-state index contributed by atoms with van der Waals surface area (Å²) in [6.45, 7) is 4.06. The van der Waals surface area contributed by atoms with E-state index in [1.165, 1.54) is 12.8 Å². The van der Waals surface area contributed by atoms with Gasteiger partial charge in [-0.3, -0.25) is 18.6 Å². The standard InChI is InChI=1S/C27H52NO8P/c1-6-8-10-11-12-13-14-15-16-17-18-20-27(30)36-25(23-33-26(29)19-9-7-2)24-35-37(31,32)34-22-21-28(3,4)5/h11-12,25H,6-10,13-24H2,1-5H3/p+1/b12-11-. The van der Waals surface area contributed by atoms with Crippen LogP contribution >= 0.6 is 7.82 Å². The van der Waals surface area contributed by atoms with Gasteiger partial charge in [-0.15, -0.1) is 0 Å². The van der Waals surface area contributed by atoms with Crippen LogP contribution in [0.15, 0.2) is 12.2 Å². The molecule has 0 fully saturated rings. The zero-order valence-electron chi connectivity index (χ0n) is 24.0. The Balaban J connectivity index is 4.44. The van der Waals surface area contributed by atoms with E-state index < -0.39 is 32.5 Å². The second-order valence-corrected chi connectivity index (χ2v) is 11.9. The second kappa shape index (κ2) is 21.7. The van der Waals surface area contributed by atoms with Crippen LogP contribution in [0.4, 0.5) is 0 Å². The number of allylic oxidation sites excluding steroid dienone is 2. The summed E-state index contributed by atoms with van der Waals surface area (Å²) in [6.07, 6.45) is 15.2. The lowest BCUT2D eigenvalue weighted by Crippen LogP contribution is -2.37. The normalized spacial score (nSPS) is 14.4. The first-order chi connectivity index (χ1) is 17.5. The summed E-state index contributed by atoms with van der Waals surface area (Å²) < 4.78 is 33.4. The number of unbranched alkanes of at least 4 members (excludes halogenated alkanes) is 8. The van der Waals surface area contributed by atoms with E-state index in [9.17, 15) is 19.0 Å². The molecule has 0 spiro atoms. The molecule has 218 valence electrons. The summed E-state index contributed by atoms with van der Waals surface area (Å²) in [7, 11) is 1.46. The molecule has 0 saturated carbocycles. The number of phosphoric acid groups is 1. The SMILES string of the molecule is CCCC/C=C\CCCCCCCC(=O)OC(COC(=O)CCCC)COP(=O)(O)OCC[N+](C)(C)C. The number of carbonyl (C=O) groups is 2. The minimum atomic E-state index is -4.34. The molecule has 0 rings (SSSR count). The molecule has 0 aromatic heterocycles. The minimum Gasteiger partial charge on any atom is -0.462 e. The van der Waals surface area contributed by atoms with Crippen molar-refractivity contribution in [3.63, 3.8) is 0 Å². The first-order valence-electron chi connectivity index (χ1n) is 13.9. The molecule has 0 aliphatic carbocycles. The van der Waals surface area contributed by atoms with Crippen LogP contribution in [0.3, 0.4) is 0 Å². The van der Waals surface area contributed by atoms with Gasteiger partial charge in [0.05, 0.1) is 27.7 Å². The Hall–Kier alpha value is -1.25. The van der Waals surface area contributed by atoms with Crippen molar-refractivity contribution in [2.75, 3.05) is 47.5 Å². The molecule has 1 N–H and O–H groups in total. The van der Waals surface area contributed by atoms with Crippen LogP contribution in [0.2, 0.25) is 0 Å². The number of hydrogen-bond acceptors (Lipinski definition) is 7. The van der Waals surface area contributed by atoms with Crippen LogP contribution in [0.5, 0.6) is 0 Å². The number of likely N-dealkylation sites (N-methyl/N-ethyl adjacent to an activating group) is 1. The molecular formula is C27H53NO8P+. The van der Waals surface area contributed by atoms with Crippen LogP contribution in [0.25, 0.3) is 0 Å². The Kier molecular flexibility index (Phi) is 20.9. The summed E-state index contributed by atoms with van der Waals surface area (Å²) in [5.74, 6) is -0.856. The third-order valence-corrected chi connectivity index (χ3v) is 6.53. The van der Waals surface area contributed by atoms with Crippen LogP contribution in [-0.4, -0.2) is 74.9 Å². The maximum absolute atomic E-state index is 12.3. The van der Waals surface area contributed by atoms with Crippen LogP contribution < -0.4 is 0 Å². The summed E-state index contributed by atoms with van der Waals surface area (Å²) in [4.78, 5) is 34.2. The Bertz CT molecular complexity index is 678. The van der Waals surface area contributed by atoms with E-state index in [0.717, 1.165) is 44.9 Å². The van der Waals surface area contributed by atoms with Crippen LogP contribution in [0, 0.1) is 0 Å². The molecule has 0 saturated heterocycles. The Morgan fingerprint density at radius 3 is 2.05 bits per heavy atom. The third kappa shape index (κ3) is 24.8. The van der Waals surface area contributed by atoms with E-state index in [4.69, 9.17) is 18.5 Å². The smallest absolute Gasteiger partial charge is 0.462 e. The summed E-state index contributed by atoms with van der Waals surface area (Å²) in [6, 6.07) is 0. The fourth-order valence-electron chi connectivity index (χ4n) is 3.20. The molecule has 0 bridgehead atoms. The van der Waals surface area contributed by atoms with Gasteiger partial charge in [0.25, 0.3) is 0 Å². The lowest BCUT2D eigenvalue weighted by atomic mass is 10.1. The first-order valence-corrected chi connectivity index (χ1v) is 15.4. The molecule has 9 nitrogen and oxygen atoms in total. The number of ether oxygens (including phenoxy) is 2. The highest BCUT2D eigenvalue weighted by Crippen LogP contribution is 2.43. The molecule has 37 heavy (non-hydrogen) atoms. The van der Waals surface area contributed by atoms with Crippen LogP contribution in [0.1, 0.15) is 97.3 Å². The highest BCUT2D eigenvalue weighted by Gasteiger charge is 2.26. The van der Waals surface area contributed by atoms with Crippen molar-refractivity contribution < 1.29 is 42.1 Å². The van der Waals surface area contributed by atoms with Crippen molar-refractivity contribution in [3.05, 3.63) is 12.2 Å². The zero-order valence-corrected chi connectivity index (χ0v) is 24.8. The summed E-state index contributed by atoms with van der Waals surface area (Å²) in [5.41, 5.74) is 0. The van der Waals surface area contributed by atoms with Crippen molar-refractivity contribution in [2.24, 2.45) is 0 Å². The van der Waals surface area contributed by atoms with Gasteiger partial charge in [-0.25, -0.2) is 4.57 Å². The van der Waals surface area contributed by atoms with Gasteiger partial charge >= 0.3 is 19.8 Å². The maximum Gasteiger partial charge on any atom is 0.472 e. The predicted molar refractivity (Wildman–Crippen MR) is 146 cm³/mol. The van der Waals surface area contributed by atoms with E-state index in [1.54, 1.807) is 0 Å². The molecule has 0 radical (unpaired) electrons. The minimum absolute atomic E-state index is 0.0306. The van der Waals surface area contributed by atoms with Crippen molar-refractivity contribution in [1.82, 2.24) is 0 Å². The molecule has 2 atom stereocenters. The monoisotopic (exact) mass is 550 g/mol. The Labute approximate surface area is 225 Å². The van der Waals surface area contributed by atoms with Gasteiger partial charge in [0.2, 0.25) is 0 Å². The number of esters is 2. The van der Waals surface area contributed by atoms with Crippen molar-refractivity contribution in [3.8, 4) is 0 Å². The van der Waals surface area contributed by atoms with Crippen LogP contribution in [-0.2, 0) is 32.7 Å². The molecule has 0 aromatic rings. The van der Waals surface area contributed by atoms with Gasteiger partial charge < -0.3 is 18.9 Å². The van der Waals surface area contributed by atoms with Crippen molar-refractivity contribution in [1.29, 1.82) is 0 Å². The number of phosphoric ester groups is 1. The molecule has 0 aliphatic heterocycles. The largest absolute Gasteiger partial charge is 0.472 e. The second-order valence-electron chi connectivity index (χ2n) is 10.4. The number of nitrogens with zero attached hydrogens (tertiary/aromatic N) is 1. The van der Waals surface area contributed by atoms with Gasteiger partial charge in [-0.1, -0.05) is 64.5 Å². The number of carbonyl (C=O) groups excluding carboxylic acids is 2. The highest BCUT2D eigenvalue weighted by atomic mass is 31.2. The van der Waals surface area contributed by atoms with E-state index in [1.807, 2.05) is 28.1 Å². The highest BCUT2D eigenvalue weighted by molar-refractivity contribution is 7.47. The van der Waals surface area contributed by atoms with E-state index >= 15 is 0 Å². The van der Waals surface area contributed by atoms with Gasteiger partial charge in [0.15, 0.2) is 6.10 Å². The summed E-state index contributed by atoms with van der Waals surface area (Å²) in [5, 5.41) is 0. The van der Waals surface area contributed by atoms with Gasteiger partial charge in [0.1, 0.15) is 19.8 Å².